The monoisotopic (exact) mass is 257 g/mol. The van der Waals surface area contributed by atoms with Crippen LogP contribution >= 0.6 is 0 Å². The molecule has 1 aromatic heterocycles. The number of pyridine rings is 1. The number of ether oxygens (including phenoxy) is 1. The molecule has 0 saturated carbocycles. The second-order valence-corrected chi connectivity index (χ2v) is 4.04. The molecule has 0 unspecified atom stereocenters. The van der Waals surface area contributed by atoms with Gasteiger partial charge in [-0.05, 0) is 23.8 Å². The molecule has 0 fully saturated rings. The molecule has 0 bridgehead atoms. The Kier molecular flexibility index (Phi) is 3.97. The third kappa shape index (κ3) is 3.45. The van der Waals surface area contributed by atoms with Crippen LogP contribution in [0.2, 0.25) is 0 Å². The minimum Gasteiger partial charge on any atom is -0.497 e. The van der Waals surface area contributed by atoms with Crippen molar-refractivity contribution in [3.63, 3.8) is 0 Å². The smallest absolute Gasteiger partial charge is 0.228 e. The first-order valence-electron chi connectivity index (χ1n) is 5.81. The van der Waals surface area contributed by atoms with Crippen LogP contribution in [0.5, 0.6) is 5.75 Å². The molecule has 0 aliphatic carbocycles. The van der Waals surface area contributed by atoms with E-state index in [1.165, 1.54) is 0 Å². The second kappa shape index (κ2) is 5.86. The standard InChI is InChI=1S/C14H15N3O2/c1-19-11-4-5-12(15)13(8-11)17-14(18)7-10-3-2-6-16-9-10/h2-6,8-9H,7,15H2,1H3,(H,17,18). The van der Waals surface area contributed by atoms with Crippen LogP contribution in [0.25, 0.3) is 0 Å². The molecule has 19 heavy (non-hydrogen) atoms. The van der Waals surface area contributed by atoms with E-state index in [9.17, 15) is 4.79 Å². The number of hydrogen-bond acceptors (Lipinski definition) is 4. The van der Waals surface area contributed by atoms with E-state index >= 15 is 0 Å². The van der Waals surface area contributed by atoms with Gasteiger partial charge in [0.2, 0.25) is 5.91 Å². The number of nitrogen functional groups attached to an aromatic ring is 1. The number of nitrogens with zero attached hydrogens (tertiary/aromatic N) is 1. The molecule has 1 amide bonds. The zero-order chi connectivity index (χ0) is 13.7. The fraction of sp³-hybridized carbons (Fsp3) is 0.143. The quantitative estimate of drug-likeness (QED) is 0.819. The third-order valence-corrected chi connectivity index (χ3v) is 2.62. The summed E-state index contributed by atoms with van der Waals surface area (Å²) >= 11 is 0. The molecule has 1 aromatic carbocycles. The van der Waals surface area contributed by atoms with Crippen LogP contribution < -0.4 is 15.8 Å². The van der Waals surface area contributed by atoms with Crippen LogP contribution in [-0.2, 0) is 11.2 Å². The Morgan fingerprint density at radius 3 is 2.95 bits per heavy atom. The molecule has 2 aromatic rings. The number of carbonyl (C=O) groups excluding carboxylic acids is 1. The lowest BCUT2D eigenvalue weighted by atomic mass is 10.2. The summed E-state index contributed by atoms with van der Waals surface area (Å²) in [5.74, 6) is 0.499. The van der Waals surface area contributed by atoms with Crippen molar-refractivity contribution in [1.82, 2.24) is 4.98 Å². The van der Waals surface area contributed by atoms with Gasteiger partial charge in [-0.2, -0.15) is 0 Å². The van der Waals surface area contributed by atoms with E-state index in [1.54, 1.807) is 43.8 Å². The predicted molar refractivity (Wildman–Crippen MR) is 74.0 cm³/mol. The Morgan fingerprint density at radius 1 is 1.42 bits per heavy atom. The van der Waals surface area contributed by atoms with Crippen LogP contribution in [0.3, 0.4) is 0 Å². The Labute approximate surface area is 111 Å². The summed E-state index contributed by atoms with van der Waals surface area (Å²) in [6.07, 6.45) is 3.58. The van der Waals surface area contributed by atoms with Gasteiger partial charge in [-0.25, -0.2) is 0 Å². The van der Waals surface area contributed by atoms with Gasteiger partial charge in [0.15, 0.2) is 0 Å². The number of benzene rings is 1. The van der Waals surface area contributed by atoms with Crippen LogP contribution in [-0.4, -0.2) is 18.0 Å². The van der Waals surface area contributed by atoms with E-state index < -0.39 is 0 Å². The number of nitrogens with two attached hydrogens (primary N) is 1. The molecular weight excluding hydrogens is 242 g/mol. The van der Waals surface area contributed by atoms with Crippen LogP contribution in [0.1, 0.15) is 5.56 Å². The zero-order valence-electron chi connectivity index (χ0n) is 10.6. The van der Waals surface area contributed by atoms with Gasteiger partial charge < -0.3 is 15.8 Å². The molecule has 2 rings (SSSR count). The summed E-state index contributed by atoms with van der Waals surface area (Å²) in [4.78, 5) is 15.9. The maximum Gasteiger partial charge on any atom is 0.228 e. The fourth-order valence-corrected chi connectivity index (χ4v) is 1.65. The summed E-state index contributed by atoms with van der Waals surface area (Å²) in [7, 11) is 1.56. The highest BCUT2D eigenvalue weighted by Gasteiger charge is 2.07. The lowest BCUT2D eigenvalue weighted by Gasteiger charge is -2.09. The van der Waals surface area contributed by atoms with Gasteiger partial charge in [-0.15, -0.1) is 0 Å². The first-order valence-corrected chi connectivity index (χ1v) is 5.81. The van der Waals surface area contributed by atoms with E-state index in [0.717, 1.165) is 5.56 Å². The number of amides is 1. The highest BCUT2D eigenvalue weighted by atomic mass is 16.5. The predicted octanol–water partition coefficient (Wildman–Crippen LogP) is 1.85. The Morgan fingerprint density at radius 2 is 2.26 bits per heavy atom. The van der Waals surface area contributed by atoms with Crippen LogP contribution in [0.15, 0.2) is 42.7 Å². The van der Waals surface area contributed by atoms with Gasteiger partial charge in [0.05, 0.1) is 24.9 Å². The largest absolute Gasteiger partial charge is 0.497 e. The maximum absolute atomic E-state index is 11.9. The number of carbonyl (C=O) groups is 1. The van der Waals surface area contributed by atoms with Crippen molar-refractivity contribution in [2.75, 3.05) is 18.2 Å². The lowest BCUT2D eigenvalue weighted by molar-refractivity contribution is -0.115. The number of rotatable bonds is 4. The highest BCUT2D eigenvalue weighted by Crippen LogP contribution is 2.24. The third-order valence-electron chi connectivity index (χ3n) is 2.62. The van der Waals surface area contributed by atoms with E-state index in [4.69, 9.17) is 10.5 Å². The Balaban J connectivity index is 2.06. The molecule has 98 valence electrons. The van der Waals surface area contributed by atoms with Gasteiger partial charge in [0, 0.05) is 18.5 Å². The average molecular weight is 257 g/mol. The van der Waals surface area contributed by atoms with Crippen molar-refractivity contribution in [1.29, 1.82) is 0 Å². The van der Waals surface area contributed by atoms with E-state index in [-0.39, 0.29) is 12.3 Å². The molecule has 5 nitrogen and oxygen atoms in total. The molecule has 3 N–H and O–H groups in total. The number of hydrogen-bond donors (Lipinski definition) is 2. The van der Waals surface area contributed by atoms with E-state index in [1.807, 2.05) is 6.07 Å². The molecule has 0 aliphatic rings. The Bertz CT molecular complexity index is 570. The molecule has 0 aliphatic heterocycles. The number of aromatic nitrogens is 1. The van der Waals surface area contributed by atoms with Gasteiger partial charge in [-0.3, -0.25) is 9.78 Å². The van der Waals surface area contributed by atoms with E-state index in [2.05, 4.69) is 10.3 Å². The summed E-state index contributed by atoms with van der Waals surface area (Å²) < 4.78 is 5.09. The highest BCUT2D eigenvalue weighted by molar-refractivity contribution is 5.95. The topological polar surface area (TPSA) is 77.2 Å². The summed E-state index contributed by atoms with van der Waals surface area (Å²) in [5.41, 5.74) is 7.70. The van der Waals surface area contributed by atoms with Crippen molar-refractivity contribution >= 4 is 17.3 Å². The van der Waals surface area contributed by atoms with Crippen molar-refractivity contribution < 1.29 is 9.53 Å². The molecule has 1 heterocycles. The zero-order valence-corrected chi connectivity index (χ0v) is 10.6. The van der Waals surface area contributed by atoms with Crippen LogP contribution in [0.4, 0.5) is 11.4 Å². The first-order chi connectivity index (χ1) is 9.19. The SMILES string of the molecule is COc1ccc(N)c(NC(=O)Cc2cccnc2)c1. The molecule has 0 atom stereocenters. The first kappa shape index (κ1) is 12.9. The molecule has 5 heteroatoms. The van der Waals surface area contributed by atoms with Gasteiger partial charge in [-0.1, -0.05) is 6.07 Å². The van der Waals surface area contributed by atoms with E-state index in [0.29, 0.717) is 17.1 Å². The minimum atomic E-state index is -0.145. The molecule has 0 spiro atoms. The number of nitrogens with one attached hydrogen (secondary N) is 1. The molecule has 0 saturated heterocycles. The Hall–Kier alpha value is -2.56. The average Bonchev–Trinajstić information content (AvgIpc) is 2.42. The fourth-order valence-electron chi connectivity index (χ4n) is 1.65. The van der Waals surface area contributed by atoms with Crippen molar-refractivity contribution in [3.05, 3.63) is 48.3 Å². The van der Waals surface area contributed by atoms with Gasteiger partial charge >= 0.3 is 0 Å². The maximum atomic E-state index is 11.9. The van der Waals surface area contributed by atoms with Crippen molar-refractivity contribution in [2.45, 2.75) is 6.42 Å². The number of methoxy groups -OCH3 is 1. The summed E-state index contributed by atoms with van der Waals surface area (Å²) in [6, 6.07) is 8.77. The van der Waals surface area contributed by atoms with Gasteiger partial charge in [0.1, 0.15) is 5.75 Å². The minimum absolute atomic E-state index is 0.145. The second-order valence-electron chi connectivity index (χ2n) is 4.04. The lowest BCUT2D eigenvalue weighted by Crippen LogP contribution is -2.15. The van der Waals surface area contributed by atoms with Crippen LogP contribution in [0, 0.1) is 0 Å². The molecule has 0 radical (unpaired) electrons. The van der Waals surface area contributed by atoms with Gasteiger partial charge in [0.25, 0.3) is 0 Å². The van der Waals surface area contributed by atoms with Crippen molar-refractivity contribution in [3.8, 4) is 5.75 Å². The normalized spacial score (nSPS) is 9.95. The molecular formula is C14H15N3O2. The number of anilines is 2. The summed E-state index contributed by atoms with van der Waals surface area (Å²) in [5, 5.41) is 2.76. The summed E-state index contributed by atoms with van der Waals surface area (Å²) in [6.45, 7) is 0. The van der Waals surface area contributed by atoms with Crippen molar-refractivity contribution in [2.24, 2.45) is 0 Å².